The van der Waals surface area contributed by atoms with Crippen LogP contribution in [-0.4, -0.2) is 23.0 Å². The van der Waals surface area contributed by atoms with Crippen molar-refractivity contribution in [2.75, 3.05) is 0 Å². The van der Waals surface area contributed by atoms with Gasteiger partial charge in [-0.3, -0.25) is 4.79 Å². The Morgan fingerprint density at radius 1 is 1.25 bits per heavy atom. The van der Waals surface area contributed by atoms with Gasteiger partial charge in [-0.1, -0.05) is 30.3 Å². The van der Waals surface area contributed by atoms with Crippen molar-refractivity contribution in [2.24, 2.45) is 5.73 Å². The highest BCUT2D eigenvalue weighted by Crippen LogP contribution is 2.24. The number of oxazole rings is 1. The molecule has 0 unspecified atom stereocenters. The van der Waals surface area contributed by atoms with Crippen LogP contribution in [0.15, 0.2) is 34.7 Å². The van der Waals surface area contributed by atoms with Crippen LogP contribution < -0.4 is 11.1 Å². The summed E-state index contributed by atoms with van der Waals surface area (Å²) in [5.74, 6) is 1.46. The summed E-state index contributed by atoms with van der Waals surface area (Å²) in [6.45, 7) is 1.93. The molecule has 1 aromatic carbocycles. The van der Waals surface area contributed by atoms with Gasteiger partial charge in [-0.15, -0.1) is 0 Å². The number of nitrogens with one attached hydrogen (secondary N) is 1. The Bertz CT molecular complexity index is 673. The number of nitrogens with zero attached hydrogens (tertiary/aromatic N) is 1. The molecular formula is C19H25N3O2. The summed E-state index contributed by atoms with van der Waals surface area (Å²) in [6.07, 6.45) is 4.85. The second kappa shape index (κ2) is 7.62. The van der Waals surface area contributed by atoms with Gasteiger partial charge in [0.15, 0.2) is 11.7 Å². The molecule has 1 fully saturated rings. The van der Waals surface area contributed by atoms with Gasteiger partial charge in [0.05, 0.1) is 5.69 Å². The van der Waals surface area contributed by atoms with Gasteiger partial charge in [0.2, 0.25) is 5.91 Å². The number of hydrogen-bond donors (Lipinski definition) is 2. The van der Waals surface area contributed by atoms with E-state index in [1.54, 1.807) is 0 Å². The minimum atomic E-state index is 0.0626. The lowest BCUT2D eigenvalue weighted by Crippen LogP contribution is -2.40. The molecule has 0 atom stereocenters. The van der Waals surface area contributed by atoms with Crippen LogP contribution in [0.5, 0.6) is 0 Å². The third-order valence-corrected chi connectivity index (χ3v) is 4.58. The first-order valence-electron chi connectivity index (χ1n) is 8.68. The summed E-state index contributed by atoms with van der Waals surface area (Å²) >= 11 is 0. The van der Waals surface area contributed by atoms with E-state index >= 15 is 0 Å². The van der Waals surface area contributed by atoms with Gasteiger partial charge < -0.3 is 15.5 Å². The molecule has 5 heteroatoms. The molecule has 1 aromatic heterocycles. The zero-order valence-electron chi connectivity index (χ0n) is 14.1. The van der Waals surface area contributed by atoms with E-state index in [0.717, 1.165) is 42.7 Å². The molecule has 0 spiro atoms. The number of carbonyl (C=O) groups is 1. The van der Waals surface area contributed by atoms with Gasteiger partial charge in [-0.2, -0.15) is 0 Å². The van der Waals surface area contributed by atoms with Crippen LogP contribution in [0.25, 0.3) is 11.3 Å². The fourth-order valence-corrected chi connectivity index (χ4v) is 3.20. The molecule has 1 saturated carbocycles. The molecule has 1 heterocycles. The number of nitrogens with two attached hydrogens (primary N) is 1. The summed E-state index contributed by atoms with van der Waals surface area (Å²) in [6, 6.07) is 10.5. The summed E-state index contributed by atoms with van der Waals surface area (Å²) in [4.78, 5) is 16.6. The highest BCUT2D eigenvalue weighted by Gasteiger charge is 2.20. The van der Waals surface area contributed by atoms with Crippen molar-refractivity contribution in [3.63, 3.8) is 0 Å². The first kappa shape index (κ1) is 16.7. The summed E-state index contributed by atoms with van der Waals surface area (Å²) in [5.41, 5.74) is 7.76. The molecular weight excluding hydrogens is 302 g/mol. The molecule has 1 aliphatic rings. The van der Waals surface area contributed by atoms with Crippen LogP contribution in [-0.2, 0) is 11.2 Å². The lowest BCUT2D eigenvalue weighted by molar-refractivity contribution is -0.122. The fraction of sp³-hybridized carbons (Fsp3) is 0.474. The Morgan fingerprint density at radius 3 is 2.67 bits per heavy atom. The predicted molar refractivity (Wildman–Crippen MR) is 93.4 cm³/mol. The number of rotatable bonds is 5. The topological polar surface area (TPSA) is 81.2 Å². The van der Waals surface area contributed by atoms with Crippen molar-refractivity contribution in [3.05, 3.63) is 41.9 Å². The third-order valence-electron chi connectivity index (χ3n) is 4.58. The van der Waals surface area contributed by atoms with Crippen molar-refractivity contribution in [1.82, 2.24) is 10.3 Å². The molecule has 3 rings (SSSR count). The molecule has 0 saturated heterocycles. The maximum atomic E-state index is 12.1. The maximum absolute atomic E-state index is 12.1. The smallest absolute Gasteiger partial charge is 0.220 e. The van der Waals surface area contributed by atoms with E-state index in [0.29, 0.717) is 24.8 Å². The molecule has 1 aliphatic carbocycles. The first-order chi connectivity index (χ1) is 11.6. The molecule has 128 valence electrons. The Balaban J connectivity index is 1.52. The zero-order valence-corrected chi connectivity index (χ0v) is 14.1. The van der Waals surface area contributed by atoms with E-state index in [1.165, 1.54) is 0 Å². The van der Waals surface area contributed by atoms with Crippen LogP contribution in [0.3, 0.4) is 0 Å². The van der Waals surface area contributed by atoms with Crippen molar-refractivity contribution in [3.8, 4) is 11.3 Å². The number of aryl methyl sites for hydroxylation is 2. The minimum absolute atomic E-state index is 0.0626. The average molecular weight is 327 g/mol. The van der Waals surface area contributed by atoms with Gasteiger partial charge >= 0.3 is 0 Å². The van der Waals surface area contributed by atoms with Crippen LogP contribution in [0.1, 0.15) is 43.7 Å². The largest absolute Gasteiger partial charge is 0.440 e. The van der Waals surface area contributed by atoms with Crippen LogP contribution in [0.4, 0.5) is 0 Å². The van der Waals surface area contributed by atoms with Crippen molar-refractivity contribution in [2.45, 2.75) is 57.5 Å². The Hall–Kier alpha value is -2.14. The number of aromatic nitrogens is 1. The second-order valence-electron chi connectivity index (χ2n) is 6.57. The van der Waals surface area contributed by atoms with E-state index in [4.69, 9.17) is 10.2 Å². The first-order valence-corrected chi connectivity index (χ1v) is 8.68. The second-order valence-corrected chi connectivity index (χ2v) is 6.57. The maximum Gasteiger partial charge on any atom is 0.220 e. The van der Waals surface area contributed by atoms with Gasteiger partial charge in [0, 0.05) is 30.5 Å². The molecule has 0 aliphatic heterocycles. The SMILES string of the molecule is Cc1nc(CCC(=O)NC2CCC(N)CC2)oc1-c1ccccc1. The zero-order chi connectivity index (χ0) is 16.9. The van der Waals surface area contributed by atoms with E-state index in [-0.39, 0.29) is 11.9 Å². The number of hydrogen-bond acceptors (Lipinski definition) is 4. The summed E-state index contributed by atoms with van der Waals surface area (Å²) < 4.78 is 5.85. The Labute approximate surface area is 142 Å². The van der Waals surface area contributed by atoms with E-state index < -0.39 is 0 Å². The Kier molecular flexibility index (Phi) is 5.30. The van der Waals surface area contributed by atoms with Gasteiger partial charge in [-0.05, 0) is 32.6 Å². The van der Waals surface area contributed by atoms with Crippen LogP contribution in [0, 0.1) is 6.92 Å². The van der Waals surface area contributed by atoms with E-state index in [2.05, 4.69) is 10.3 Å². The normalized spacial score (nSPS) is 20.8. The molecule has 0 bridgehead atoms. The molecule has 0 radical (unpaired) electrons. The van der Waals surface area contributed by atoms with Gasteiger partial charge in [0.25, 0.3) is 0 Å². The van der Waals surface area contributed by atoms with Crippen molar-refractivity contribution < 1.29 is 9.21 Å². The Morgan fingerprint density at radius 2 is 1.96 bits per heavy atom. The summed E-state index contributed by atoms with van der Waals surface area (Å²) in [7, 11) is 0. The molecule has 3 N–H and O–H groups in total. The fourth-order valence-electron chi connectivity index (χ4n) is 3.20. The third kappa shape index (κ3) is 4.23. The molecule has 2 aromatic rings. The van der Waals surface area contributed by atoms with Gasteiger partial charge in [0.1, 0.15) is 0 Å². The summed E-state index contributed by atoms with van der Waals surface area (Å²) in [5, 5.41) is 3.10. The van der Waals surface area contributed by atoms with Gasteiger partial charge in [-0.25, -0.2) is 4.98 Å². The number of benzene rings is 1. The molecule has 5 nitrogen and oxygen atoms in total. The lowest BCUT2D eigenvalue weighted by atomic mass is 9.92. The standard InChI is InChI=1S/C19H25N3O2/c1-13-19(14-5-3-2-4-6-14)24-18(21-13)12-11-17(23)22-16-9-7-15(20)8-10-16/h2-6,15-16H,7-12,20H2,1H3,(H,22,23). The number of amides is 1. The van der Waals surface area contributed by atoms with Crippen molar-refractivity contribution >= 4 is 5.91 Å². The van der Waals surface area contributed by atoms with E-state index in [1.807, 2.05) is 37.3 Å². The lowest BCUT2D eigenvalue weighted by Gasteiger charge is -2.26. The molecule has 24 heavy (non-hydrogen) atoms. The van der Waals surface area contributed by atoms with E-state index in [9.17, 15) is 4.79 Å². The quantitative estimate of drug-likeness (QED) is 0.884. The van der Waals surface area contributed by atoms with Crippen LogP contribution in [0.2, 0.25) is 0 Å². The molecule has 1 amide bonds. The number of carbonyl (C=O) groups excluding carboxylic acids is 1. The average Bonchev–Trinajstić information content (AvgIpc) is 2.97. The monoisotopic (exact) mass is 327 g/mol. The minimum Gasteiger partial charge on any atom is -0.440 e. The highest BCUT2D eigenvalue weighted by molar-refractivity contribution is 5.76. The van der Waals surface area contributed by atoms with Crippen LogP contribution >= 0.6 is 0 Å². The highest BCUT2D eigenvalue weighted by atomic mass is 16.4. The van der Waals surface area contributed by atoms with Crippen molar-refractivity contribution in [1.29, 1.82) is 0 Å². The predicted octanol–water partition coefficient (Wildman–Crippen LogP) is 2.97.